The summed E-state index contributed by atoms with van der Waals surface area (Å²) in [6.07, 6.45) is 0. The highest BCUT2D eigenvalue weighted by Crippen LogP contribution is 2.25. The molecule has 25 heavy (non-hydrogen) atoms. The number of hydrogen-bond acceptors (Lipinski definition) is 4. The number of halogens is 1. The van der Waals surface area contributed by atoms with E-state index in [1.165, 1.54) is 0 Å². The van der Waals surface area contributed by atoms with Crippen LogP contribution in [0.1, 0.15) is 12.7 Å². The number of aromatic nitrogens is 4. The molecule has 0 aliphatic carbocycles. The highest BCUT2D eigenvalue weighted by atomic mass is 35.5. The molecule has 4 aromatic rings. The molecule has 0 atom stereocenters. The third-order valence-corrected chi connectivity index (χ3v) is 5.33. The summed E-state index contributed by atoms with van der Waals surface area (Å²) in [4.78, 5) is 13.8. The van der Waals surface area contributed by atoms with Crippen molar-refractivity contribution in [2.75, 3.05) is 0 Å². The van der Waals surface area contributed by atoms with Crippen molar-refractivity contribution in [2.45, 2.75) is 24.1 Å². The van der Waals surface area contributed by atoms with Gasteiger partial charge in [0, 0.05) is 16.5 Å². The predicted molar refractivity (Wildman–Crippen MR) is 101 cm³/mol. The summed E-state index contributed by atoms with van der Waals surface area (Å²) in [6.45, 7) is 2.49. The molecular weight excluding hydrogens is 356 g/mol. The molecule has 0 N–H and O–H groups in total. The summed E-state index contributed by atoms with van der Waals surface area (Å²) < 4.78 is 3.63. The number of para-hydroxylation sites is 1. The van der Waals surface area contributed by atoms with Crippen LogP contribution >= 0.6 is 23.4 Å². The molecule has 2 aromatic carbocycles. The van der Waals surface area contributed by atoms with Crippen LogP contribution in [0.25, 0.3) is 16.7 Å². The van der Waals surface area contributed by atoms with Gasteiger partial charge in [-0.1, -0.05) is 23.7 Å². The number of rotatable bonds is 4. The number of benzene rings is 2. The Morgan fingerprint density at radius 2 is 1.84 bits per heavy atom. The van der Waals surface area contributed by atoms with E-state index in [2.05, 4.69) is 10.2 Å². The van der Waals surface area contributed by atoms with Gasteiger partial charge in [-0.3, -0.25) is 13.8 Å². The van der Waals surface area contributed by atoms with Crippen LogP contribution in [0.2, 0.25) is 5.02 Å². The Morgan fingerprint density at radius 1 is 1.08 bits per heavy atom. The first kappa shape index (κ1) is 16.2. The standard InChI is InChI=1S/C18H15ClN4OS/c1-2-22-17(24)14-5-3-4-6-15(14)23-16(20-21-18(22)23)11-25-13-9-7-12(19)8-10-13/h3-10H,2,11H2,1H3. The molecule has 0 bridgehead atoms. The Morgan fingerprint density at radius 3 is 2.60 bits per heavy atom. The van der Waals surface area contributed by atoms with Crippen molar-refractivity contribution in [1.82, 2.24) is 19.2 Å². The molecule has 2 aromatic heterocycles. The molecule has 2 heterocycles. The summed E-state index contributed by atoms with van der Waals surface area (Å²) in [6, 6.07) is 15.3. The number of fused-ring (bicyclic) bond motifs is 3. The highest BCUT2D eigenvalue weighted by Gasteiger charge is 2.15. The van der Waals surface area contributed by atoms with E-state index in [-0.39, 0.29) is 5.56 Å². The zero-order valence-corrected chi connectivity index (χ0v) is 15.1. The fourth-order valence-electron chi connectivity index (χ4n) is 2.87. The van der Waals surface area contributed by atoms with Crippen molar-refractivity contribution in [3.05, 3.63) is 69.7 Å². The van der Waals surface area contributed by atoms with Crippen molar-refractivity contribution >= 4 is 40.0 Å². The van der Waals surface area contributed by atoms with Gasteiger partial charge in [0.1, 0.15) is 5.82 Å². The summed E-state index contributed by atoms with van der Waals surface area (Å²) in [5.74, 6) is 2.04. The van der Waals surface area contributed by atoms with Crippen molar-refractivity contribution in [3.8, 4) is 0 Å². The van der Waals surface area contributed by atoms with Crippen molar-refractivity contribution in [2.24, 2.45) is 0 Å². The minimum Gasteiger partial charge on any atom is -0.277 e. The van der Waals surface area contributed by atoms with E-state index in [0.717, 1.165) is 21.3 Å². The first-order valence-electron chi connectivity index (χ1n) is 7.93. The van der Waals surface area contributed by atoms with E-state index in [1.807, 2.05) is 59.9 Å². The number of nitrogens with zero attached hydrogens (tertiary/aromatic N) is 4. The summed E-state index contributed by atoms with van der Waals surface area (Å²) in [7, 11) is 0. The molecule has 0 fully saturated rings. The Hall–Kier alpha value is -2.31. The molecule has 0 radical (unpaired) electrons. The van der Waals surface area contributed by atoms with E-state index in [1.54, 1.807) is 16.3 Å². The maximum atomic E-state index is 12.7. The van der Waals surface area contributed by atoms with E-state index in [0.29, 0.717) is 23.5 Å². The molecule has 0 aliphatic rings. The number of aryl methyl sites for hydroxylation is 1. The van der Waals surface area contributed by atoms with Crippen LogP contribution in [-0.2, 0) is 12.3 Å². The van der Waals surface area contributed by atoms with Crippen LogP contribution in [-0.4, -0.2) is 19.2 Å². The third-order valence-electron chi connectivity index (χ3n) is 4.07. The molecular formula is C18H15ClN4OS. The van der Waals surface area contributed by atoms with Crippen LogP contribution in [0.3, 0.4) is 0 Å². The van der Waals surface area contributed by atoms with Crippen LogP contribution in [0.15, 0.2) is 58.2 Å². The van der Waals surface area contributed by atoms with Crippen LogP contribution in [0, 0.1) is 0 Å². The molecule has 0 unspecified atom stereocenters. The van der Waals surface area contributed by atoms with Gasteiger partial charge in [0.15, 0.2) is 0 Å². The van der Waals surface area contributed by atoms with Gasteiger partial charge in [-0.05, 0) is 43.3 Å². The number of thioether (sulfide) groups is 1. The van der Waals surface area contributed by atoms with Crippen molar-refractivity contribution < 1.29 is 0 Å². The predicted octanol–water partition coefficient (Wildman–Crippen LogP) is 4.01. The summed E-state index contributed by atoms with van der Waals surface area (Å²) in [5, 5.41) is 10.00. The van der Waals surface area contributed by atoms with Gasteiger partial charge in [0.25, 0.3) is 5.56 Å². The lowest BCUT2D eigenvalue weighted by Crippen LogP contribution is -2.22. The highest BCUT2D eigenvalue weighted by molar-refractivity contribution is 7.98. The van der Waals surface area contributed by atoms with Crippen molar-refractivity contribution in [3.63, 3.8) is 0 Å². The largest absolute Gasteiger partial charge is 0.277 e. The van der Waals surface area contributed by atoms with Gasteiger partial charge in [0.2, 0.25) is 5.78 Å². The molecule has 0 saturated heterocycles. The first-order chi connectivity index (χ1) is 12.2. The Bertz CT molecular complexity index is 1120. The van der Waals surface area contributed by atoms with Gasteiger partial charge < -0.3 is 0 Å². The zero-order valence-electron chi connectivity index (χ0n) is 13.5. The molecule has 0 saturated carbocycles. The first-order valence-corrected chi connectivity index (χ1v) is 9.29. The lowest BCUT2D eigenvalue weighted by atomic mass is 10.2. The average molecular weight is 371 g/mol. The van der Waals surface area contributed by atoms with Gasteiger partial charge >= 0.3 is 0 Å². The summed E-state index contributed by atoms with van der Waals surface area (Å²) in [5.41, 5.74) is 0.804. The van der Waals surface area contributed by atoms with Crippen molar-refractivity contribution in [1.29, 1.82) is 0 Å². The monoisotopic (exact) mass is 370 g/mol. The maximum absolute atomic E-state index is 12.7. The van der Waals surface area contributed by atoms with Crippen LogP contribution in [0.4, 0.5) is 0 Å². The van der Waals surface area contributed by atoms with Gasteiger partial charge in [-0.15, -0.1) is 22.0 Å². The summed E-state index contributed by atoms with van der Waals surface area (Å²) >= 11 is 7.59. The minimum absolute atomic E-state index is 0.0325. The lowest BCUT2D eigenvalue weighted by molar-refractivity contribution is 0.735. The van der Waals surface area contributed by atoms with Crippen LogP contribution < -0.4 is 5.56 Å². The quantitative estimate of drug-likeness (QED) is 0.509. The van der Waals surface area contributed by atoms with E-state index >= 15 is 0 Å². The van der Waals surface area contributed by atoms with Gasteiger partial charge in [-0.25, -0.2) is 0 Å². The molecule has 0 aliphatic heterocycles. The van der Waals surface area contributed by atoms with Crippen LogP contribution in [0.5, 0.6) is 0 Å². The maximum Gasteiger partial charge on any atom is 0.262 e. The number of hydrogen-bond donors (Lipinski definition) is 0. The van der Waals surface area contributed by atoms with Gasteiger partial charge in [-0.2, -0.15) is 0 Å². The molecule has 5 nitrogen and oxygen atoms in total. The minimum atomic E-state index is -0.0325. The second-order valence-electron chi connectivity index (χ2n) is 5.56. The SMILES string of the molecule is CCn1c(=O)c2ccccc2n2c(CSc3ccc(Cl)cc3)nnc12. The van der Waals surface area contributed by atoms with E-state index < -0.39 is 0 Å². The lowest BCUT2D eigenvalue weighted by Gasteiger charge is -2.09. The molecule has 4 rings (SSSR count). The third kappa shape index (κ3) is 2.81. The van der Waals surface area contributed by atoms with Gasteiger partial charge in [0.05, 0.1) is 16.7 Å². The fraction of sp³-hybridized carbons (Fsp3) is 0.167. The normalized spacial score (nSPS) is 11.4. The molecule has 0 spiro atoms. The fourth-order valence-corrected chi connectivity index (χ4v) is 3.81. The zero-order chi connectivity index (χ0) is 17.4. The Balaban J connectivity index is 1.84. The molecule has 126 valence electrons. The second-order valence-corrected chi connectivity index (χ2v) is 7.05. The van der Waals surface area contributed by atoms with E-state index in [4.69, 9.17) is 11.6 Å². The Kier molecular flexibility index (Phi) is 4.23. The van der Waals surface area contributed by atoms with E-state index in [9.17, 15) is 4.79 Å². The Labute approximate surface area is 153 Å². The smallest absolute Gasteiger partial charge is 0.262 e. The topological polar surface area (TPSA) is 52.2 Å². The average Bonchev–Trinajstić information content (AvgIpc) is 3.06. The molecule has 7 heteroatoms. The molecule has 0 amide bonds. The second kappa shape index (κ2) is 6.54.